The van der Waals surface area contributed by atoms with E-state index in [9.17, 15) is 43.2 Å². The molecule has 9 amide bonds. The molecule has 2 saturated heterocycles. The van der Waals surface area contributed by atoms with Crippen LogP contribution in [0, 0.1) is 47.3 Å². The average molecular weight is 1230 g/mol. The van der Waals surface area contributed by atoms with Gasteiger partial charge in [-0.05, 0) is 64.2 Å². The Kier molecular flexibility index (Phi) is 53.8. The quantitative estimate of drug-likeness (QED) is 0.0777. The molecule has 1 aromatic carbocycles. The normalized spacial score (nSPS) is 12.3. The van der Waals surface area contributed by atoms with Gasteiger partial charge in [0.15, 0.2) is 0 Å². The monoisotopic (exact) mass is 1230 g/mol. The lowest BCUT2D eigenvalue weighted by Crippen LogP contribution is -2.51. The Morgan fingerprint density at radius 2 is 0.851 bits per heavy atom. The molecule has 0 spiro atoms. The Balaban J connectivity index is -0.000000456. The zero-order valence-electron chi connectivity index (χ0n) is 57.9. The summed E-state index contributed by atoms with van der Waals surface area (Å²) in [5, 5.41) is 22.0. The van der Waals surface area contributed by atoms with Crippen LogP contribution in [0.3, 0.4) is 0 Å². The van der Waals surface area contributed by atoms with Gasteiger partial charge in [-0.1, -0.05) is 154 Å². The molecule has 2 fully saturated rings. The first kappa shape index (κ1) is 87.0. The van der Waals surface area contributed by atoms with Crippen LogP contribution in [-0.2, 0) is 56.2 Å². The Morgan fingerprint density at radius 1 is 0.460 bits per heavy atom. The number of likely N-dealkylation sites (tertiary alicyclic amines) is 1. The second-order valence-electron chi connectivity index (χ2n) is 23.4. The summed E-state index contributed by atoms with van der Waals surface area (Å²) in [6.45, 7) is 49.2. The van der Waals surface area contributed by atoms with Crippen LogP contribution in [0.1, 0.15) is 182 Å². The number of aromatic nitrogens is 1. The second kappa shape index (κ2) is 53.8. The lowest BCUT2D eigenvalue weighted by molar-refractivity contribution is -0.140. The molecule has 2 aliphatic rings. The largest absolute Gasteiger partial charge is 0.395 e. The number of nitrogens with one attached hydrogen (secondary N) is 5. The first-order valence-electron chi connectivity index (χ1n) is 31.9. The van der Waals surface area contributed by atoms with E-state index in [1.165, 1.54) is 19.3 Å². The third-order valence-corrected chi connectivity index (χ3v) is 12.7. The van der Waals surface area contributed by atoms with Crippen LogP contribution in [-0.4, -0.2) is 161 Å². The number of pyridine rings is 1. The summed E-state index contributed by atoms with van der Waals surface area (Å²) in [5.41, 5.74) is 2.02. The molecule has 6 N–H and O–H groups in total. The first-order chi connectivity index (χ1) is 40.8. The van der Waals surface area contributed by atoms with Crippen molar-refractivity contribution in [1.29, 1.82) is 0 Å². The van der Waals surface area contributed by atoms with E-state index in [2.05, 4.69) is 31.6 Å². The molecule has 1 aromatic heterocycles. The molecule has 0 aliphatic carbocycles. The highest BCUT2D eigenvalue weighted by Crippen LogP contribution is 2.12. The number of carbonyl (C=O) groups excluding carboxylic acids is 9. The van der Waals surface area contributed by atoms with E-state index in [4.69, 9.17) is 5.11 Å². The Hall–Kier alpha value is -6.44. The topological polar surface area (TPSA) is 260 Å². The molecule has 0 unspecified atom stereocenters. The molecule has 2 aromatic rings. The van der Waals surface area contributed by atoms with Gasteiger partial charge in [-0.2, -0.15) is 0 Å². The molecule has 2 aliphatic heterocycles. The summed E-state index contributed by atoms with van der Waals surface area (Å²) in [6, 6.07) is 15.6. The predicted molar refractivity (Wildman–Crippen MR) is 352 cm³/mol. The third-order valence-electron chi connectivity index (χ3n) is 12.7. The van der Waals surface area contributed by atoms with Crippen LogP contribution in [0.15, 0.2) is 54.7 Å². The zero-order chi connectivity index (χ0) is 67.6. The molecule has 500 valence electrons. The van der Waals surface area contributed by atoms with Gasteiger partial charge in [-0.25, -0.2) is 0 Å². The minimum absolute atomic E-state index is 0.0101. The van der Waals surface area contributed by atoms with Crippen molar-refractivity contribution >= 4 is 53.2 Å². The Morgan fingerprint density at radius 3 is 1.18 bits per heavy atom. The molecule has 4 rings (SSSR count). The Bertz CT molecular complexity index is 2050. The summed E-state index contributed by atoms with van der Waals surface area (Å²) >= 11 is 0. The van der Waals surface area contributed by atoms with Crippen LogP contribution in [0.25, 0.3) is 0 Å². The van der Waals surface area contributed by atoms with E-state index in [0.717, 1.165) is 56.9 Å². The standard InChI is InChI=1S/C11H15NO.C10H18N2O2.C10H14N2O.C9H17NO.C8H17NO.C7H15NO.C6H13NO2.C6H13NO/c1-9(2)11(13)12-8-10-6-4-3-5-7-10;1-8(2)10(14)12-6-4-11(5-7-12)9(3)13;1-8(2)10(13)12-7-9-5-3-4-6-11-9;1-8(2)9(11)10-6-4-3-5-7-10;1-5-9(6-2)8(10)7(3)4;1-4-5-8-7(9)6(2)3;1-5(2)6(9)7-3-4-8;1-4-7-6(8)5(2)3/h3-7,9H,8H2,1-2H3,(H,12,13);8H,4-7H2,1-3H3;3-6,8H,7H2,1-2H3,(H,12,13);8H,3-7H2,1-2H3;7H,5-6H2,1-4H3;6H,4-5H2,1-3H3,(H,8,9);5,8H,3-4H2,1-2H3,(H,7,9);5H,4H2,1-3H3,(H,7,8). The number of hydrogen-bond acceptors (Lipinski definition) is 11. The van der Waals surface area contributed by atoms with E-state index in [1.54, 1.807) is 18.0 Å². The molecule has 20 nitrogen and oxygen atoms in total. The number of aliphatic hydroxyl groups excluding tert-OH is 1. The van der Waals surface area contributed by atoms with Crippen molar-refractivity contribution in [2.24, 2.45) is 47.3 Å². The number of hydrogen-bond donors (Lipinski definition) is 6. The van der Waals surface area contributed by atoms with Crippen LogP contribution in [0.4, 0.5) is 0 Å². The van der Waals surface area contributed by atoms with Crippen LogP contribution in [0.2, 0.25) is 0 Å². The fourth-order valence-electron chi connectivity index (χ4n) is 7.07. The third kappa shape index (κ3) is 47.3. The number of benzene rings is 1. The van der Waals surface area contributed by atoms with Gasteiger partial charge in [0.05, 0.1) is 18.8 Å². The number of nitrogens with zero attached hydrogens (tertiary/aromatic N) is 5. The molecule has 0 bridgehead atoms. The summed E-state index contributed by atoms with van der Waals surface area (Å²) < 4.78 is 0. The van der Waals surface area contributed by atoms with Gasteiger partial charge in [0.25, 0.3) is 0 Å². The zero-order valence-corrected chi connectivity index (χ0v) is 57.9. The van der Waals surface area contributed by atoms with E-state index in [1.807, 2.05) is 202 Å². The number of piperidine rings is 1. The number of carbonyl (C=O) groups is 9. The maximum atomic E-state index is 11.6. The van der Waals surface area contributed by atoms with Crippen molar-refractivity contribution in [2.45, 2.75) is 184 Å². The smallest absolute Gasteiger partial charge is 0.225 e. The lowest BCUT2D eigenvalue weighted by atomic mass is 10.1. The minimum Gasteiger partial charge on any atom is -0.395 e. The number of amides is 9. The fraction of sp³-hybridized carbons (Fsp3) is 0.701. The van der Waals surface area contributed by atoms with Crippen LogP contribution >= 0.6 is 0 Å². The molecule has 0 saturated carbocycles. The number of rotatable bonds is 19. The highest BCUT2D eigenvalue weighted by molar-refractivity contribution is 5.81. The van der Waals surface area contributed by atoms with Crippen molar-refractivity contribution in [3.63, 3.8) is 0 Å². The molecule has 20 heteroatoms. The maximum Gasteiger partial charge on any atom is 0.225 e. The van der Waals surface area contributed by atoms with Crippen molar-refractivity contribution in [3.8, 4) is 0 Å². The average Bonchev–Trinajstić information content (AvgIpc) is 3.71. The lowest BCUT2D eigenvalue weighted by Gasteiger charge is -2.35. The predicted octanol–water partition coefficient (Wildman–Crippen LogP) is 8.51. The molecule has 0 radical (unpaired) electrons. The van der Waals surface area contributed by atoms with Crippen molar-refractivity contribution < 1.29 is 48.3 Å². The summed E-state index contributed by atoms with van der Waals surface area (Å²) in [6.07, 6.45) is 6.41. The molecule has 87 heavy (non-hydrogen) atoms. The number of aliphatic hydroxyl groups is 1. The second-order valence-corrected chi connectivity index (χ2v) is 23.4. The molecule has 3 heterocycles. The van der Waals surface area contributed by atoms with E-state index < -0.39 is 0 Å². The summed E-state index contributed by atoms with van der Waals surface area (Å²) in [5.74, 6) is 2.01. The van der Waals surface area contributed by atoms with Gasteiger partial charge >= 0.3 is 0 Å². The summed E-state index contributed by atoms with van der Waals surface area (Å²) in [4.78, 5) is 111. The van der Waals surface area contributed by atoms with E-state index >= 15 is 0 Å². The van der Waals surface area contributed by atoms with Crippen LogP contribution in [0.5, 0.6) is 0 Å². The van der Waals surface area contributed by atoms with Gasteiger partial charge in [0.1, 0.15) is 0 Å². The van der Waals surface area contributed by atoms with E-state index in [0.29, 0.717) is 51.7 Å². The SMILES string of the molecule is CC(=O)N1CCN(C(=O)C(C)C)CC1.CC(C)C(=O)N1CCCCC1.CC(C)C(=O)NCCO.CC(C)C(=O)NCc1ccccc1.CC(C)C(=O)NCc1ccccn1.CCCNC(=O)C(C)C.CCN(CC)C(=O)C(C)C.CCNC(=O)C(C)C. The number of piperazine rings is 1. The van der Waals surface area contributed by atoms with Crippen LogP contribution < -0.4 is 26.6 Å². The molecule has 0 atom stereocenters. The molecular weight excluding hydrogens is 1100 g/mol. The molecular formula is C67H122N10O10. The van der Waals surface area contributed by atoms with Crippen molar-refractivity contribution in [2.75, 3.05) is 78.6 Å². The maximum absolute atomic E-state index is 11.6. The minimum atomic E-state index is -0.0101. The highest BCUT2D eigenvalue weighted by atomic mass is 16.3. The van der Waals surface area contributed by atoms with Gasteiger partial charge < -0.3 is 51.3 Å². The summed E-state index contributed by atoms with van der Waals surface area (Å²) in [7, 11) is 0. The van der Waals surface area contributed by atoms with Gasteiger partial charge in [-0.3, -0.25) is 48.1 Å². The van der Waals surface area contributed by atoms with E-state index in [-0.39, 0.29) is 101 Å². The Labute approximate surface area is 526 Å². The highest BCUT2D eigenvalue weighted by Gasteiger charge is 2.24. The van der Waals surface area contributed by atoms with Gasteiger partial charge in [0, 0.05) is 139 Å². The van der Waals surface area contributed by atoms with Crippen molar-refractivity contribution in [1.82, 2.24) is 51.2 Å². The van der Waals surface area contributed by atoms with Gasteiger partial charge in [0.2, 0.25) is 53.2 Å². The first-order valence-corrected chi connectivity index (χ1v) is 31.9. The fourth-order valence-corrected chi connectivity index (χ4v) is 7.07. The van der Waals surface area contributed by atoms with Crippen molar-refractivity contribution in [3.05, 3.63) is 66.0 Å². The van der Waals surface area contributed by atoms with Gasteiger partial charge in [-0.15, -0.1) is 0 Å².